The summed E-state index contributed by atoms with van der Waals surface area (Å²) in [6, 6.07) is 13.0. The van der Waals surface area contributed by atoms with Crippen LogP contribution in [0.1, 0.15) is 35.9 Å². The molecule has 1 aliphatic heterocycles. The van der Waals surface area contributed by atoms with Crippen LogP contribution in [0, 0.1) is 0 Å². The van der Waals surface area contributed by atoms with E-state index < -0.39 is 6.04 Å². The number of hydrogen-bond acceptors (Lipinski definition) is 7. The molecular formula is C26H28N2O6. The van der Waals surface area contributed by atoms with Crippen LogP contribution in [0.4, 0.5) is 0 Å². The molecule has 0 bridgehead atoms. The zero-order valence-electron chi connectivity index (χ0n) is 19.6. The van der Waals surface area contributed by atoms with Crippen LogP contribution in [-0.4, -0.2) is 49.6 Å². The molecule has 0 radical (unpaired) electrons. The Morgan fingerprint density at radius 1 is 1.09 bits per heavy atom. The van der Waals surface area contributed by atoms with E-state index in [-0.39, 0.29) is 24.7 Å². The Morgan fingerprint density at radius 2 is 1.82 bits per heavy atom. The van der Waals surface area contributed by atoms with E-state index >= 15 is 0 Å². The van der Waals surface area contributed by atoms with Gasteiger partial charge in [0.2, 0.25) is 5.91 Å². The van der Waals surface area contributed by atoms with Gasteiger partial charge in [0.25, 0.3) is 0 Å². The lowest BCUT2D eigenvalue weighted by Gasteiger charge is -2.37. The molecule has 2 heterocycles. The van der Waals surface area contributed by atoms with E-state index in [9.17, 15) is 9.59 Å². The molecule has 1 amide bonds. The fraction of sp³-hybridized carbons (Fsp3) is 0.346. The summed E-state index contributed by atoms with van der Waals surface area (Å²) in [4.78, 5) is 31.5. The number of amides is 1. The number of fused-ring (bicyclic) bond motifs is 1. The highest BCUT2D eigenvalue weighted by molar-refractivity contribution is 5.79. The van der Waals surface area contributed by atoms with Crippen molar-refractivity contribution in [3.8, 4) is 22.8 Å². The topological polar surface area (TPSA) is 91.1 Å². The summed E-state index contributed by atoms with van der Waals surface area (Å²) in [5.41, 5.74) is 2.82. The predicted octanol–water partition coefficient (Wildman–Crippen LogP) is 3.98. The normalized spacial score (nSPS) is 14.9. The number of carbonyl (C=O) groups is 2. The quantitative estimate of drug-likeness (QED) is 0.466. The molecule has 34 heavy (non-hydrogen) atoms. The van der Waals surface area contributed by atoms with E-state index in [4.69, 9.17) is 18.6 Å². The molecule has 3 aromatic rings. The molecule has 4 rings (SSSR count). The third kappa shape index (κ3) is 4.90. The van der Waals surface area contributed by atoms with Gasteiger partial charge >= 0.3 is 5.97 Å². The monoisotopic (exact) mass is 464 g/mol. The minimum Gasteiger partial charge on any atom is -0.493 e. The Balaban J connectivity index is 1.52. The number of hydrogen-bond donors (Lipinski definition) is 0. The number of rotatable bonds is 8. The second-order valence-corrected chi connectivity index (χ2v) is 8.02. The summed E-state index contributed by atoms with van der Waals surface area (Å²) >= 11 is 0. The largest absolute Gasteiger partial charge is 0.493 e. The van der Waals surface area contributed by atoms with Gasteiger partial charge in [-0.3, -0.25) is 9.59 Å². The zero-order chi connectivity index (χ0) is 24.1. The van der Waals surface area contributed by atoms with Crippen molar-refractivity contribution in [2.24, 2.45) is 0 Å². The molecule has 0 fully saturated rings. The van der Waals surface area contributed by atoms with Crippen LogP contribution < -0.4 is 9.47 Å². The number of ether oxygens (including phenoxy) is 3. The van der Waals surface area contributed by atoms with Crippen LogP contribution in [0.3, 0.4) is 0 Å². The van der Waals surface area contributed by atoms with E-state index in [0.717, 1.165) is 16.7 Å². The Bertz CT molecular complexity index is 1160. The van der Waals surface area contributed by atoms with Crippen molar-refractivity contribution in [2.75, 3.05) is 27.9 Å². The number of oxazole rings is 1. The van der Waals surface area contributed by atoms with Crippen LogP contribution in [0.15, 0.2) is 53.1 Å². The lowest BCUT2D eigenvalue weighted by molar-refractivity contribution is -0.144. The number of esters is 1. The molecule has 1 aromatic heterocycles. The third-order valence-corrected chi connectivity index (χ3v) is 6.08. The fourth-order valence-electron chi connectivity index (χ4n) is 4.31. The average molecular weight is 465 g/mol. The van der Waals surface area contributed by atoms with Gasteiger partial charge in [0.1, 0.15) is 0 Å². The van der Waals surface area contributed by atoms with Crippen molar-refractivity contribution in [3.63, 3.8) is 0 Å². The first-order valence-electron chi connectivity index (χ1n) is 11.1. The second kappa shape index (κ2) is 10.4. The minimum absolute atomic E-state index is 0.0574. The van der Waals surface area contributed by atoms with Gasteiger partial charge in [-0.1, -0.05) is 30.3 Å². The molecule has 0 spiro atoms. The van der Waals surface area contributed by atoms with E-state index in [1.807, 2.05) is 42.5 Å². The van der Waals surface area contributed by atoms with E-state index in [1.54, 1.807) is 25.3 Å². The standard InChI is InChI=1S/C26H28N2O6/c1-31-21-13-18-11-12-28(20(15-26(30)33-3)19(18)14-22(21)32-2)25(29)10-9-24-27-16-23(34-24)17-7-5-4-6-8-17/h4-8,13-14,16,20H,9-12,15H2,1-3H3. The summed E-state index contributed by atoms with van der Waals surface area (Å²) < 4.78 is 21.6. The first kappa shape index (κ1) is 23.4. The first-order chi connectivity index (χ1) is 16.5. The Labute approximate surface area is 198 Å². The van der Waals surface area contributed by atoms with Gasteiger partial charge in [0.05, 0.1) is 40.0 Å². The second-order valence-electron chi connectivity index (χ2n) is 8.02. The molecular weight excluding hydrogens is 436 g/mol. The lowest BCUT2D eigenvalue weighted by Crippen LogP contribution is -2.41. The van der Waals surface area contributed by atoms with Crippen LogP contribution in [0.2, 0.25) is 0 Å². The van der Waals surface area contributed by atoms with E-state index in [1.165, 1.54) is 7.11 Å². The summed E-state index contributed by atoms with van der Waals surface area (Å²) in [6.07, 6.45) is 2.96. The molecule has 0 aliphatic carbocycles. The number of nitrogens with zero attached hydrogens (tertiary/aromatic N) is 2. The molecule has 0 saturated heterocycles. The fourth-order valence-corrected chi connectivity index (χ4v) is 4.31. The number of aromatic nitrogens is 1. The number of aryl methyl sites for hydroxylation is 1. The first-order valence-corrected chi connectivity index (χ1v) is 11.1. The van der Waals surface area contributed by atoms with E-state index in [0.29, 0.717) is 42.5 Å². The van der Waals surface area contributed by atoms with Crippen molar-refractivity contribution in [3.05, 3.63) is 65.7 Å². The smallest absolute Gasteiger partial charge is 0.307 e. The van der Waals surface area contributed by atoms with Gasteiger partial charge in [0.15, 0.2) is 23.1 Å². The third-order valence-electron chi connectivity index (χ3n) is 6.08. The van der Waals surface area contributed by atoms with Crippen LogP contribution in [0.5, 0.6) is 11.5 Å². The predicted molar refractivity (Wildman–Crippen MR) is 125 cm³/mol. The van der Waals surface area contributed by atoms with Crippen molar-refractivity contribution >= 4 is 11.9 Å². The minimum atomic E-state index is -0.451. The molecule has 0 saturated carbocycles. The van der Waals surface area contributed by atoms with Crippen LogP contribution >= 0.6 is 0 Å². The Morgan fingerprint density at radius 3 is 2.53 bits per heavy atom. The number of benzene rings is 2. The number of methoxy groups -OCH3 is 3. The maximum Gasteiger partial charge on any atom is 0.307 e. The molecule has 1 unspecified atom stereocenters. The van der Waals surface area contributed by atoms with Crippen LogP contribution in [0.25, 0.3) is 11.3 Å². The highest BCUT2D eigenvalue weighted by Gasteiger charge is 2.34. The Kier molecular flexibility index (Phi) is 7.15. The number of carbonyl (C=O) groups excluding carboxylic acids is 2. The highest BCUT2D eigenvalue weighted by Crippen LogP contribution is 2.40. The van der Waals surface area contributed by atoms with Crippen molar-refractivity contribution < 1.29 is 28.2 Å². The summed E-state index contributed by atoms with van der Waals surface area (Å²) in [5, 5.41) is 0. The lowest BCUT2D eigenvalue weighted by atomic mass is 9.89. The summed E-state index contributed by atoms with van der Waals surface area (Å²) in [7, 11) is 4.49. The van der Waals surface area contributed by atoms with Gasteiger partial charge in [-0.05, 0) is 29.7 Å². The van der Waals surface area contributed by atoms with Crippen molar-refractivity contribution in [1.82, 2.24) is 9.88 Å². The van der Waals surface area contributed by atoms with Crippen molar-refractivity contribution in [2.45, 2.75) is 31.7 Å². The van der Waals surface area contributed by atoms with Gasteiger partial charge in [-0.2, -0.15) is 0 Å². The van der Waals surface area contributed by atoms with E-state index in [2.05, 4.69) is 4.98 Å². The van der Waals surface area contributed by atoms with Crippen LogP contribution in [-0.2, 0) is 27.2 Å². The molecule has 1 atom stereocenters. The molecule has 178 valence electrons. The zero-order valence-corrected chi connectivity index (χ0v) is 19.6. The van der Waals surface area contributed by atoms with Crippen molar-refractivity contribution in [1.29, 1.82) is 0 Å². The summed E-state index contributed by atoms with van der Waals surface area (Å²) in [5.74, 6) is 1.88. The van der Waals surface area contributed by atoms with Gasteiger partial charge in [-0.25, -0.2) is 4.98 Å². The average Bonchev–Trinajstić information content (AvgIpc) is 3.36. The summed E-state index contributed by atoms with van der Waals surface area (Å²) in [6.45, 7) is 0.490. The molecule has 8 nitrogen and oxygen atoms in total. The maximum atomic E-state index is 13.3. The van der Waals surface area contributed by atoms with Gasteiger partial charge < -0.3 is 23.5 Å². The highest BCUT2D eigenvalue weighted by atomic mass is 16.5. The van der Waals surface area contributed by atoms with Gasteiger partial charge in [-0.15, -0.1) is 0 Å². The molecule has 1 aliphatic rings. The SMILES string of the molecule is COC(=O)CC1c2cc(OC)c(OC)cc2CCN1C(=O)CCc1ncc(-c2ccccc2)o1. The molecule has 2 aromatic carbocycles. The molecule has 0 N–H and O–H groups in total. The molecule has 8 heteroatoms. The van der Waals surface area contributed by atoms with Gasteiger partial charge in [0, 0.05) is 24.9 Å². The maximum absolute atomic E-state index is 13.3. The Hall–Kier alpha value is -3.81.